The molecule has 9 nitrogen and oxygen atoms in total. The van der Waals surface area contributed by atoms with Crippen molar-refractivity contribution in [2.45, 2.75) is 24.5 Å². The summed E-state index contributed by atoms with van der Waals surface area (Å²) in [4.78, 5) is 25.8. The Balaban J connectivity index is 2.47. The third-order valence-electron chi connectivity index (χ3n) is 3.33. The summed E-state index contributed by atoms with van der Waals surface area (Å²) in [5.41, 5.74) is 3.91. The number of ether oxygens (including phenoxy) is 2. The van der Waals surface area contributed by atoms with E-state index in [0.29, 0.717) is 0 Å². The van der Waals surface area contributed by atoms with Gasteiger partial charge in [0.25, 0.3) is 5.56 Å². The number of nitrogens with zero attached hydrogens (tertiary/aromatic N) is 1. The van der Waals surface area contributed by atoms with Crippen LogP contribution in [0.5, 0.6) is 0 Å². The van der Waals surface area contributed by atoms with Gasteiger partial charge >= 0.3 is 5.69 Å². The summed E-state index contributed by atoms with van der Waals surface area (Å²) in [5, 5.41) is 19.2. The number of hydrogen-bond acceptors (Lipinski definition) is 7. The number of aromatic nitrogens is 2. The zero-order valence-electron chi connectivity index (χ0n) is 11.9. The van der Waals surface area contributed by atoms with Crippen molar-refractivity contribution in [1.82, 2.24) is 9.55 Å². The zero-order valence-corrected chi connectivity index (χ0v) is 11.9. The number of methoxy groups -OCH3 is 1. The van der Waals surface area contributed by atoms with Gasteiger partial charge in [0.2, 0.25) is 0 Å². The number of rotatable bonds is 3. The molecule has 2 unspecified atom stereocenters. The van der Waals surface area contributed by atoms with Crippen LogP contribution < -0.4 is 17.0 Å². The van der Waals surface area contributed by atoms with Gasteiger partial charge < -0.3 is 25.4 Å². The van der Waals surface area contributed by atoms with E-state index in [4.69, 9.17) is 15.2 Å². The highest BCUT2D eigenvalue weighted by atomic mass is 16.6. The lowest BCUT2D eigenvalue weighted by atomic mass is 10.1. The number of nitrogens with one attached hydrogen (secondary N) is 1. The Hall–Kier alpha value is -1.96. The zero-order chi connectivity index (χ0) is 16.3. The minimum absolute atomic E-state index is 0.0328. The molecule has 1 saturated heterocycles. The van der Waals surface area contributed by atoms with Crippen molar-refractivity contribution >= 4 is 0 Å². The minimum atomic E-state index is -1.11. The van der Waals surface area contributed by atoms with E-state index in [2.05, 4.69) is 16.8 Å². The Bertz CT molecular complexity index is 700. The Kier molecular flexibility index (Phi) is 5.12. The highest BCUT2D eigenvalue weighted by Crippen LogP contribution is 2.30. The number of H-pyrrole nitrogens is 1. The minimum Gasteiger partial charge on any atom is -0.394 e. The highest BCUT2D eigenvalue weighted by molar-refractivity contribution is 5.30. The second-order valence-electron chi connectivity index (χ2n) is 4.65. The van der Waals surface area contributed by atoms with Crippen LogP contribution in [-0.2, 0) is 9.47 Å². The third-order valence-corrected chi connectivity index (χ3v) is 3.33. The first kappa shape index (κ1) is 16.4. The maximum atomic E-state index is 12.0. The van der Waals surface area contributed by atoms with Crippen molar-refractivity contribution in [2.75, 3.05) is 20.3 Å². The number of aromatic amines is 1. The molecule has 0 bridgehead atoms. The Morgan fingerprint density at radius 3 is 2.86 bits per heavy atom. The molecule has 5 N–H and O–H groups in total. The molecule has 2 rings (SSSR count). The molecule has 9 heteroatoms. The van der Waals surface area contributed by atoms with E-state index in [0.717, 1.165) is 4.57 Å². The van der Waals surface area contributed by atoms with Gasteiger partial charge in [0.05, 0.1) is 13.2 Å². The molecule has 1 aliphatic rings. The van der Waals surface area contributed by atoms with E-state index in [1.807, 2.05) is 0 Å². The fourth-order valence-corrected chi connectivity index (χ4v) is 2.26. The molecule has 1 aromatic rings. The summed E-state index contributed by atoms with van der Waals surface area (Å²) < 4.78 is 11.6. The standard InChI is InChI=1S/C13H17N3O6/c1-21-10-9(18)8(6-17)22-12(10)16-5-7(3-2-4-14)11(19)15-13(16)20/h5,8-10,12,17-18H,4,6,14H2,1H3,(H,15,19,20)/t8-,9?,10?,12-/m0/s1. The van der Waals surface area contributed by atoms with Crippen molar-refractivity contribution in [3.05, 3.63) is 32.6 Å². The Morgan fingerprint density at radius 2 is 2.27 bits per heavy atom. The van der Waals surface area contributed by atoms with Crippen molar-refractivity contribution in [1.29, 1.82) is 0 Å². The van der Waals surface area contributed by atoms with Crippen molar-refractivity contribution < 1.29 is 19.7 Å². The lowest BCUT2D eigenvalue weighted by Gasteiger charge is -2.20. The first-order valence-corrected chi connectivity index (χ1v) is 6.55. The predicted molar refractivity (Wildman–Crippen MR) is 75.1 cm³/mol. The number of hydrogen-bond donors (Lipinski definition) is 4. The maximum Gasteiger partial charge on any atom is 0.330 e. The van der Waals surface area contributed by atoms with Crippen molar-refractivity contribution in [2.24, 2.45) is 5.73 Å². The van der Waals surface area contributed by atoms with Gasteiger partial charge in [0.15, 0.2) is 6.23 Å². The van der Waals surface area contributed by atoms with Gasteiger partial charge in [-0.15, -0.1) is 0 Å². The van der Waals surface area contributed by atoms with Crippen LogP contribution in [0.1, 0.15) is 11.8 Å². The lowest BCUT2D eigenvalue weighted by Crippen LogP contribution is -2.39. The largest absolute Gasteiger partial charge is 0.394 e. The van der Waals surface area contributed by atoms with Crippen LogP contribution in [0.4, 0.5) is 0 Å². The fraction of sp³-hybridized carbons (Fsp3) is 0.538. The van der Waals surface area contributed by atoms with Gasteiger partial charge in [-0.05, 0) is 0 Å². The van der Waals surface area contributed by atoms with Gasteiger partial charge in [0, 0.05) is 13.3 Å². The molecule has 0 aromatic carbocycles. The monoisotopic (exact) mass is 311 g/mol. The van der Waals surface area contributed by atoms with Gasteiger partial charge in [-0.25, -0.2) is 4.79 Å². The summed E-state index contributed by atoms with van der Waals surface area (Å²) >= 11 is 0. The van der Waals surface area contributed by atoms with E-state index in [1.54, 1.807) is 0 Å². The first-order valence-electron chi connectivity index (χ1n) is 6.55. The average molecular weight is 311 g/mol. The molecule has 1 aromatic heterocycles. The van der Waals surface area contributed by atoms with Crippen LogP contribution in [-0.4, -0.2) is 58.3 Å². The van der Waals surface area contributed by atoms with Gasteiger partial charge in [-0.3, -0.25) is 14.3 Å². The van der Waals surface area contributed by atoms with Gasteiger partial charge in [-0.1, -0.05) is 11.8 Å². The van der Waals surface area contributed by atoms with Crippen LogP contribution in [0.15, 0.2) is 15.8 Å². The molecular formula is C13H17N3O6. The molecule has 22 heavy (non-hydrogen) atoms. The maximum absolute atomic E-state index is 12.0. The van der Waals surface area contributed by atoms with E-state index in [9.17, 15) is 19.8 Å². The molecule has 1 fully saturated rings. The van der Waals surface area contributed by atoms with Crippen LogP contribution in [0.25, 0.3) is 0 Å². The Labute approximate surface area is 125 Å². The quantitative estimate of drug-likeness (QED) is 0.439. The molecule has 0 spiro atoms. The molecule has 2 heterocycles. The molecule has 0 saturated carbocycles. The molecule has 120 valence electrons. The molecule has 1 aliphatic heterocycles. The van der Waals surface area contributed by atoms with Crippen LogP contribution in [0.3, 0.4) is 0 Å². The second kappa shape index (κ2) is 6.87. The molecule has 0 radical (unpaired) electrons. The van der Waals surface area contributed by atoms with E-state index >= 15 is 0 Å². The number of nitrogens with two attached hydrogens (primary N) is 1. The van der Waals surface area contributed by atoms with Crippen molar-refractivity contribution in [3.8, 4) is 11.8 Å². The van der Waals surface area contributed by atoms with Gasteiger partial charge in [0.1, 0.15) is 23.9 Å². The Morgan fingerprint density at radius 1 is 1.55 bits per heavy atom. The first-order chi connectivity index (χ1) is 10.5. The summed E-state index contributed by atoms with van der Waals surface area (Å²) in [5.74, 6) is 5.06. The van der Waals surface area contributed by atoms with Crippen molar-refractivity contribution in [3.63, 3.8) is 0 Å². The third kappa shape index (κ3) is 2.96. The highest BCUT2D eigenvalue weighted by Gasteiger charge is 2.45. The summed E-state index contributed by atoms with van der Waals surface area (Å²) in [6, 6.07) is 0. The fourth-order valence-electron chi connectivity index (χ4n) is 2.26. The topological polar surface area (TPSA) is 140 Å². The van der Waals surface area contributed by atoms with Crippen LogP contribution >= 0.6 is 0 Å². The van der Waals surface area contributed by atoms with Crippen LogP contribution in [0, 0.1) is 11.8 Å². The number of aliphatic hydroxyl groups excluding tert-OH is 2. The number of aliphatic hydroxyl groups is 2. The second-order valence-corrected chi connectivity index (χ2v) is 4.65. The summed E-state index contributed by atoms with van der Waals surface area (Å²) in [6.07, 6.45) is -2.67. The van der Waals surface area contributed by atoms with E-state index in [1.165, 1.54) is 13.3 Å². The molecule has 4 atom stereocenters. The molecule has 0 aliphatic carbocycles. The van der Waals surface area contributed by atoms with E-state index < -0.39 is 42.4 Å². The predicted octanol–water partition coefficient (Wildman–Crippen LogP) is -2.89. The summed E-state index contributed by atoms with van der Waals surface area (Å²) in [6.45, 7) is -0.375. The molecule has 0 amide bonds. The summed E-state index contributed by atoms with van der Waals surface area (Å²) in [7, 11) is 1.34. The normalized spacial score (nSPS) is 27.5. The lowest BCUT2D eigenvalue weighted by molar-refractivity contribution is -0.0625. The average Bonchev–Trinajstić information content (AvgIpc) is 2.82. The molecular weight excluding hydrogens is 294 g/mol. The smallest absolute Gasteiger partial charge is 0.330 e. The van der Waals surface area contributed by atoms with E-state index in [-0.39, 0.29) is 12.1 Å². The van der Waals surface area contributed by atoms with Crippen LogP contribution in [0.2, 0.25) is 0 Å². The SMILES string of the molecule is COC1C(O)[C@H](CO)O[C@@H]1n1cc(C#CCN)c(=O)[nH]c1=O. The van der Waals surface area contributed by atoms with Gasteiger partial charge in [-0.2, -0.15) is 0 Å².